The normalized spacial score (nSPS) is 24.2. The summed E-state index contributed by atoms with van der Waals surface area (Å²) < 4.78 is 16.1. The Morgan fingerprint density at radius 1 is 1.15 bits per heavy atom. The van der Waals surface area contributed by atoms with Crippen LogP contribution in [0.2, 0.25) is 0 Å². The largest absolute Gasteiger partial charge is 0.497 e. The van der Waals surface area contributed by atoms with Crippen molar-refractivity contribution in [2.45, 2.75) is 44.7 Å². The number of hydrogen-bond donors (Lipinski definition) is 1. The molecule has 33 heavy (non-hydrogen) atoms. The maximum Gasteiger partial charge on any atom is 0.251 e. The van der Waals surface area contributed by atoms with Gasteiger partial charge in [0.05, 0.1) is 20.8 Å². The number of piperidine rings is 1. The molecule has 1 amide bonds. The zero-order valence-electron chi connectivity index (χ0n) is 20.4. The first-order valence-electron chi connectivity index (χ1n) is 11.8. The van der Waals surface area contributed by atoms with Gasteiger partial charge in [-0.1, -0.05) is 19.9 Å². The number of fused-ring (bicyclic) bond motifs is 4. The summed E-state index contributed by atoms with van der Waals surface area (Å²) in [5.41, 5.74) is 4.42. The second-order valence-corrected chi connectivity index (χ2v) is 9.49. The third-order valence-electron chi connectivity index (χ3n) is 7.90. The van der Waals surface area contributed by atoms with E-state index < -0.39 is 0 Å². The van der Waals surface area contributed by atoms with Gasteiger partial charge in [0.25, 0.3) is 5.91 Å². The number of nitrogens with one attached hydrogen (secondary N) is 1. The lowest BCUT2D eigenvalue weighted by atomic mass is 9.59. The first kappa shape index (κ1) is 23.6. The number of amides is 1. The summed E-state index contributed by atoms with van der Waals surface area (Å²) in [7, 11) is 5.02. The van der Waals surface area contributed by atoms with Gasteiger partial charge in [-0.2, -0.15) is 0 Å². The van der Waals surface area contributed by atoms with E-state index in [-0.39, 0.29) is 11.3 Å². The summed E-state index contributed by atoms with van der Waals surface area (Å²) in [6, 6.07) is 12.4. The van der Waals surface area contributed by atoms with Crippen LogP contribution in [0.1, 0.15) is 47.3 Å². The van der Waals surface area contributed by atoms with Gasteiger partial charge in [0.15, 0.2) is 0 Å². The summed E-state index contributed by atoms with van der Waals surface area (Å²) in [5.74, 6) is 1.89. The fourth-order valence-electron chi connectivity index (χ4n) is 5.61. The Bertz CT molecular complexity index is 1010. The minimum absolute atomic E-state index is 0.0634. The van der Waals surface area contributed by atoms with Crippen LogP contribution in [0.25, 0.3) is 0 Å². The molecule has 1 N–H and O–H groups in total. The van der Waals surface area contributed by atoms with Gasteiger partial charge in [0, 0.05) is 43.4 Å². The highest BCUT2D eigenvalue weighted by Gasteiger charge is 2.48. The molecule has 1 aliphatic carbocycles. The van der Waals surface area contributed by atoms with Crippen molar-refractivity contribution < 1.29 is 19.0 Å². The zero-order valence-corrected chi connectivity index (χ0v) is 20.4. The van der Waals surface area contributed by atoms with Crippen LogP contribution in [0.3, 0.4) is 0 Å². The molecule has 0 saturated carbocycles. The lowest BCUT2D eigenvalue weighted by Gasteiger charge is -2.54. The molecule has 2 aromatic carbocycles. The number of rotatable bonds is 8. The SMILES string of the molecule is COCCN1CC[C@]2(C)c3cc(C(=O)NCc4ccc(OC)cc4OC)ccc3C[C@@H]1[C@@H]2C. The number of nitrogens with zero attached hydrogens (tertiary/aromatic N) is 1. The van der Waals surface area contributed by atoms with Gasteiger partial charge in [0.2, 0.25) is 0 Å². The van der Waals surface area contributed by atoms with Crippen molar-refractivity contribution in [3.05, 3.63) is 58.7 Å². The van der Waals surface area contributed by atoms with E-state index in [1.165, 1.54) is 11.1 Å². The van der Waals surface area contributed by atoms with Crippen LogP contribution in [0.4, 0.5) is 0 Å². The second kappa shape index (κ2) is 9.74. The van der Waals surface area contributed by atoms with Gasteiger partial charge < -0.3 is 19.5 Å². The lowest BCUT2D eigenvalue weighted by Crippen LogP contribution is -2.58. The molecular formula is C27H36N2O4. The van der Waals surface area contributed by atoms with Crippen molar-refractivity contribution >= 4 is 5.91 Å². The summed E-state index contributed by atoms with van der Waals surface area (Å²) in [6.45, 7) is 7.96. The minimum atomic E-state index is -0.0634. The average Bonchev–Trinajstić information content (AvgIpc) is 2.84. The van der Waals surface area contributed by atoms with Crippen LogP contribution in [-0.4, -0.2) is 57.9 Å². The summed E-state index contributed by atoms with van der Waals surface area (Å²) >= 11 is 0. The zero-order chi connectivity index (χ0) is 23.6. The molecule has 0 spiro atoms. The van der Waals surface area contributed by atoms with E-state index in [4.69, 9.17) is 14.2 Å². The van der Waals surface area contributed by atoms with Gasteiger partial charge in [-0.05, 0) is 66.1 Å². The highest BCUT2D eigenvalue weighted by atomic mass is 16.5. The molecule has 2 aliphatic rings. The van der Waals surface area contributed by atoms with Crippen molar-refractivity contribution in [2.75, 3.05) is 41.0 Å². The molecule has 3 atom stereocenters. The molecule has 2 bridgehead atoms. The number of benzene rings is 2. The maximum atomic E-state index is 13.1. The van der Waals surface area contributed by atoms with Crippen LogP contribution in [0.5, 0.6) is 11.5 Å². The summed E-state index contributed by atoms with van der Waals surface area (Å²) in [5, 5.41) is 3.06. The molecular weight excluding hydrogens is 416 g/mol. The lowest BCUT2D eigenvalue weighted by molar-refractivity contribution is 0.0157. The molecule has 1 saturated heterocycles. The van der Waals surface area contributed by atoms with Crippen molar-refractivity contribution in [3.63, 3.8) is 0 Å². The average molecular weight is 453 g/mol. The topological polar surface area (TPSA) is 60.0 Å². The van der Waals surface area contributed by atoms with E-state index in [9.17, 15) is 4.79 Å². The van der Waals surface area contributed by atoms with Crippen LogP contribution in [0, 0.1) is 5.92 Å². The van der Waals surface area contributed by atoms with Crippen molar-refractivity contribution in [1.29, 1.82) is 0 Å². The maximum absolute atomic E-state index is 13.1. The van der Waals surface area contributed by atoms with Gasteiger partial charge in [-0.3, -0.25) is 9.69 Å². The van der Waals surface area contributed by atoms with Crippen LogP contribution < -0.4 is 14.8 Å². The minimum Gasteiger partial charge on any atom is -0.497 e. The fraction of sp³-hybridized carbons (Fsp3) is 0.519. The molecule has 178 valence electrons. The van der Waals surface area contributed by atoms with E-state index >= 15 is 0 Å². The number of carbonyl (C=O) groups is 1. The Labute approximate surface area is 197 Å². The van der Waals surface area contributed by atoms with Crippen LogP contribution >= 0.6 is 0 Å². The molecule has 2 aromatic rings. The molecule has 1 heterocycles. The van der Waals surface area contributed by atoms with Crippen LogP contribution in [0.15, 0.2) is 36.4 Å². The van der Waals surface area contributed by atoms with E-state index in [1.807, 2.05) is 24.3 Å². The van der Waals surface area contributed by atoms with E-state index in [0.29, 0.717) is 24.3 Å². The third kappa shape index (κ3) is 4.46. The Hall–Kier alpha value is -2.57. The number of carbonyl (C=O) groups excluding carboxylic acids is 1. The van der Waals surface area contributed by atoms with Gasteiger partial charge >= 0.3 is 0 Å². The van der Waals surface area contributed by atoms with Gasteiger partial charge in [0.1, 0.15) is 11.5 Å². The molecule has 0 radical (unpaired) electrons. The number of hydrogen-bond acceptors (Lipinski definition) is 5. The Kier molecular flexibility index (Phi) is 6.96. The summed E-state index contributed by atoms with van der Waals surface area (Å²) in [4.78, 5) is 15.6. The van der Waals surface area contributed by atoms with Gasteiger partial charge in [-0.25, -0.2) is 0 Å². The first-order chi connectivity index (χ1) is 15.9. The molecule has 1 fully saturated rings. The predicted octanol–water partition coefficient (Wildman–Crippen LogP) is 3.80. The quantitative estimate of drug-likeness (QED) is 0.660. The highest BCUT2D eigenvalue weighted by Crippen LogP contribution is 2.48. The third-order valence-corrected chi connectivity index (χ3v) is 7.90. The van der Waals surface area contributed by atoms with Gasteiger partial charge in [-0.15, -0.1) is 0 Å². The number of ether oxygens (including phenoxy) is 3. The Balaban J connectivity index is 1.51. The Morgan fingerprint density at radius 3 is 2.70 bits per heavy atom. The highest BCUT2D eigenvalue weighted by molar-refractivity contribution is 5.94. The molecule has 6 nitrogen and oxygen atoms in total. The monoisotopic (exact) mass is 452 g/mol. The van der Waals surface area contributed by atoms with Crippen molar-refractivity contribution in [3.8, 4) is 11.5 Å². The molecule has 0 aromatic heterocycles. The summed E-state index contributed by atoms with van der Waals surface area (Å²) in [6.07, 6.45) is 2.12. The molecule has 1 aliphatic heterocycles. The number of methoxy groups -OCH3 is 3. The van der Waals surface area contributed by atoms with Crippen LogP contribution in [-0.2, 0) is 23.1 Å². The standard InChI is InChI=1S/C27H36N2O4/c1-18-24-15-19-6-7-20(14-23(19)27(18,2)10-11-29(24)12-13-31-3)26(30)28-17-21-8-9-22(32-4)16-25(21)33-5/h6-9,14,16,18,24H,10-13,15,17H2,1-5H3,(H,28,30)/t18-,24+,27-/m0/s1. The van der Waals surface area contributed by atoms with Crippen molar-refractivity contribution in [1.82, 2.24) is 10.2 Å². The van der Waals surface area contributed by atoms with E-state index in [2.05, 4.69) is 36.2 Å². The predicted molar refractivity (Wildman–Crippen MR) is 129 cm³/mol. The molecule has 6 heteroatoms. The fourth-order valence-corrected chi connectivity index (χ4v) is 5.61. The Morgan fingerprint density at radius 2 is 1.97 bits per heavy atom. The first-order valence-corrected chi connectivity index (χ1v) is 11.8. The molecule has 4 rings (SSSR count). The van der Waals surface area contributed by atoms with Crippen molar-refractivity contribution in [2.24, 2.45) is 5.92 Å². The second-order valence-electron chi connectivity index (χ2n) is 9.49. The smallest absolute Gasteiger partial charge is 0.251 e. The van der Waals surface area contributed by atoms with E-state index in [0.717, 1.165) is 49.4 Å². The van der Waals surface area contributed by atoms with E-state index in [1.54, 1.807) is 21.3 Å². The molecule has 0 unspecified atom stereocenters. The number of likely N-dealkylation sites (tertiary alicyclic amines) is 1.